The highest BCUT2D eigenvalue weighted by atomic mass is 35.5. The first kappa shape index (κ1) is 21.5. The molecule has 1 amide bonds. The predicted molar refractivity (Wildman–Crippen MR) is 128 cm³/mol. The summed E-state index contributed by atoms with van der Waals surface area (Å²) in [6.45, 7) is 4.28. The number of aromatic nitrogens is 3. The highest BCUT2D eigenvalue weighted by molar-refractivity contribution is 6.30. The number of hydrogen-bond acceptors (Lipinski definition) is 4. The fraction of sp³-hybridized carbons (Fsp3) is 0.269. The van der Waals surface area contributed by atoms with Crippen molar-refractivity contribution in [3.8, 4) is 0 Å². The van der Waals surface area contributed by atoms with E-state index in [4.69, 9.17) is 16.1 Å². The van der Waals surface area contributed by atoms with Crippen molar-refractivity contribution < 1.29 is 9.32 Å². The van der Waals surface area contributed by atoms with Gasteiger partial charge in [-0.25, -0.2) is 0 Å². The van der Waals surface area contributed by atoms with Crippen LogP contribution in [0.5, 0.6) is 0 Å². The zero-order chi connectivity index (χ0) is 23.0. The van der Waals surface area contributed by atoms with Crippen LogP contribution in [0.3, 0.4) is 0 Å². The lowest BCUT2D eigenvalue weighted by Crippen LogP contribution is -2.31. The largest absolute Gasteiger partial charge is 0.360 e. The number of hydrogen-bond donors (Lipinski definition) is 1. The summed E-state index contributed by atoms with van der Waals surface area (Å²) >= 11 is 5.99. The van der Waals surface area contributed by atoms with E-state index in [1.54, 1.807) is 6.20 Å². The Balaban J connectivity index is 1.33. The maximum Gasteiger partial charge on any atom is 0.278 e. The molecule has 4 aromatic rings. The average molecular weight is 461 g/mol. The molecule has 33 heavy (non-hydrogen) atoms. The molecule has 2 aromatic heterocycles. The minimum atomic E-state index is -0.281. The normalized spacial score (nSPS) is 18.5. The number of amides is 1. The molecule has 5 rings (SSSR count). The second-order valence-corrected chi connectivity index (χ2v) is 9.36. The molecule has 2 aromatic carbocycles. The molecule has 6 nitrogen and oxygen atoms in total. The Kier molecular flexibility index (Phi) is 5.54. The molecule has 1 aliphatic rings. The van der Waals surface area contributed by atoms with Crippen molar-refractivity contribution in [3.05, 3.63) is 100 Å². The van der Waals surface area contributed by atoms with E-state index in [0.717, 1.165) is 29.7 Å². The van der Waals surface area contributed by atoms with Gasteiger partial charge >= 0.3 is 0 Å². The second kappa shape index (κ2) is 8.52. The van der Waals surface area contributed by atoms with Crippen molar-refractivity contribution in [2.24, 2.45) is 0 Å². The van der Waals surface area contributed by atoms with Gasteiger partial charge in [0.2, 0.25) is 0 Å². The summed E-state index contributed by atoms with van der Waals surface area (Å²) in [4.78, 5) is 13.1. The van der Waals surface area contributed by atoms with Crippen LogP contribution in [-0.2, 0) is 18.3 Å². The summed E-state index contributed by atoms with van der Waals surface area (Å²) in [6.07, 6.45) is 5.89. The highest BCUT2D eigenvalue weighted by Gasteiger charge is 2.37. The van der Waals surface area contributed by atoms with Gasteiger partial charge in [-0.1, -0.05) is 66.1 Å². The average Bonchev–Trinajstić information content (AvgIpc) is 3.46. The molecule has 0 spiro atoms. The number of carbonyl (C=O) groups excluding carboxylic acids is 1. The zero-order valence-electron chi connectivity index (χ0n) is 18.6. The number of nitrogens with one attached hydrogen (secondary N) is 1. The van der Waals surface area contributed by atoms with Crippen LogP contribution in [0.15, 0.2) is 71.5 Å². The van der Waals surface area contributed by atoms with Crippen molar-refractivity contribution in [2.45, 2.75) is 44.6 Å². The van der Waals surface area contributed by atoms with Gasteiger partial charge in [0.05, 0.1) is 17.9 Å². The summed E-state index contributed by atoms with van der Waals surface area (Å²) < 4.78 is 7.35. The fourth-order valence-electron chi connectivity index (χ4n) is 4.55. The van der Waals surface area contributed by atoms with Crippen molar-refractivity contribution in [2.75, 3.05) is 5.32 Å². The molecular formula is C26H25ClN4O2. The molecule has 0 saturated carbocycles. The standard InChI is InChI=1S/C26H25ClN4O2/c1-17(18-8-10-20(27)11-9-18)31-16-21(15-28-31)29-25(32)24-22-14-26(2,13-12-23(22)33-30-24)19-6-4-3-5-7-19/h3-11,15-17H,12-14H2,1-2H3,(H,29,32). The molecule has 0 aliphatic heterocycles. The molecule has 0 radical (unpaired) electrons. The van der Waals surface area contributed by atoms with Gasteiger partial charge in [0.1, 0.15) is 5.76 Å². The first-order chi connectivity index (χ1) is 15.9. The van der Waals surface area contributed by atoms with E-state index in [-0.39, 0.29) is 17.4 Å². The third-order valence-electron chi connectivity index (χ3n) is 6.63. The molecule has 2 unspecified atom stereocenters. The van der Waals surface area contributed by atoms with Crippen LogP contribution in [0.1, 0.15) is 59.2 Å². The van der Waals surface area contributed by atoms with Crippen LogP contribution in [0, 0.1) is 0 Å². The van der Waals surface area contributed by atoms with Gasteiger partial charge in [-0.2, -0.15) is 5.10 Å². The fourth-order valence-corrected chi connectivity index (χ4v) is 4.68. The van der Waals surface area contributed by atoms with Gasteiger partial charge in [-0.15, -0.1) is 0 Å². The van der Waals surface area contributed by atoms with Crippen LogP contribution in [0.2, 0.25) is 5.02 Å². The Morgan fingerprint density at radius 1 is 1.18 bits per heavy atom. The molecule has 2 heterocycles. The molecule has 7 heteroatoms. The Bertz CT molecular complexity index is 1280. The van der Waals surface area contributed by atoms with Gasteiger partial charge < -0.3 is 9.84 Å². The van der Waals surface area contributed by atoms with Gasteiger partial charge in [0, 0.05) is 23.2 Å². The van der Waals surface area contributed by atoms with E-state index in [2.05, 4.69) is 46.8 Å². The number of anilines is 1. The van der Waals surface area contributed by atoms with E-state index < -0.39 is 0 Å². The SMILES string of the molecule is CC(c1ccc(Cl)cc1)n1cc(NC(=O)c2noc3c2CC(C)(c2ccccc2)CC3)cn1. The topological polar surface area (TPSA) is 73.0 Å². The maximum atomic E-state index is 13.1. The number of fused-ring (bicyclic) bond motifs is 1. The van der Waals surface area contributed by atoms with Crippen LogP contribution in [-0.4, -0.2) is 20.8 Å². The van der Waals surface area contributed by atoms with Gasteiger partial charge in [-0.3, -0.25) is 9.48 Å². The zero-order valence-corrected chi connectivity index (χ0v) is 19.3. The number of halogens is 1. The van der Waals surface area contributed by atoms with E-state index in [0.29, 0.717) is 22.8 Å². The van der Waals surface area contributed by atoms with Crippen molar-refractivity contribution >= 4 is 23.2 Å². The summed E-state index contributed by atoms with van der Waals surface area (Å²) in [5.74, 6) is 0.525. The monoisotopic (exact) mass is 460 g/mol. The molecule has 168 valence electrons. The third kappa shape index (κ3) is 4.18. The van der Waals surface area contributed by atoms with Gasteiger partial charge in [0.25, 0.3) is 5.91 Å². The van der Waals surface area contributed by atoms with Crippen molar-refractivity contribution in [1.82, 2.24) is 14.9 Å². The van der Waals surface area contributed by atoms with Crippen LogP contribution >= 0.6 is 11.6 Å². The first-order valence-electron chi connectivity index (χ1n) is 11.1. The Morgan fingerprint density at radius 2 is 1.94 bits per heavy atom. The van der Waals surface area contributed by atoms with E-state index in [9.17, 15) is 4.79 Å². The van der Waals surface area contributed by atoms with Crippen molar-refractivity contribution in [3.63, 3.8) is 0 Å². The molecule has 0 fully saturated rings. The Morgan fingerprint density at radius 3 is 2.70 bits per heavy atom. The van der Waals surface area contributed by atoms with E-state index in [1.165, 1.54) is 5.56 Å². The lowest BCUT2D eigenvalue weighted by molar-refractivity contribution is 0.101. The minimum Gasteiger partial charge on any atom is -0.360 e. The van der Waals surface area contributed by atoms with Gasteiger partial charge in [0.15, 0.2) is 5.69 Å². The summed E-state index contributed by atoms with van der Waals surface area (Å²) in [5.41, 5.74) is 4.14. The van der Waals surface area contributed by atoms with Crippen molar-refractivity contribution in [1.29, 1.82) is 0 Å². The smallest absolute Gasteiger partial charge is 0.278 e. The molecule has 2 atom stereocenters. The number of rotatable bonds is 5. The second-order valence-electron chi connectivity index (χ2n) is 8.93. The lowest BCUT2D eigenvalue weighted by atomic mass is 9.70. The summed E-state index contributed by atoms with van der Waals surface area (Å²) in [6, 6.07) is 18.1. The van der Waals surface area contributed by atoms with E-state index in [1.807, 2.05) is 48.1 Å². The van der Waals surface area contributed by atoms with Crippen LogP contribution in [0.4, 0.5) is 5.69 Å². The lowest BCUT2D eigenvalue weighted by Gasteiger charge is -2.33. The molecule has 1 aliphatic carbocycles. The third-order valence-corrected chi connectivity index (χ3v) is 6.89. The maximum absolute atomic E-state index is 13.1. The molecular weight excluding hydrogens is 436 g/mol. The first-order valence-corrected chi connectivity index (χ1v) is 11.4. The number of carbonyl (C=O) groups is 1. The Labute approximate surface area is 197 Å². The summed E-state index contributed by atoms with van der Waals surface area (Å²) in [7, 11) is 0. The molecule has 0 saturated heterocycles. The van der Waals surface area contributed by atoms with Gasteiger partial charge in [-0.05, 0) is 48.4 Å². The number of nitrogens with zero attached hydrogens (tertiary/aromatic N) is 3. The van der Waals surface area contributed by atoms with Crippen LogP contribution < -0.4 is 5.32 Å². The molecule has 0 bridgehead atoms. The van der Waals surface area contributed by atoms with Crippen LogP contribution in [0.25, 0.3) is 0 Å². The Hall–Kier alpha value is -3.38. The highest BCUT2D eigenvalue weighted by Crippen LogP contribution is 2.39. The summed E-state index contributed by atoms with van der Waals surface area (Å²) in [5, 5.41) is 12.2. The molecule has 1 N–H and O–H groups in total. The minimum absolute atomic E-state index is 0.000640. The number of aryl methyl sites for hydroxylation is 1. The quantitative estimate of drug-likeness (QED) is 0.406. The predicted octanol–water partition coefficient (Wildman–Crippen LogP) is 5.83. The number of benzene rings is 2. The van der Waals surface area contributed by atoms with E-state index >= 15 is 0 Å².